The number of nitrogens with zero attached hydrogens (tertiary/aromatic N) is 1. The van der Waals surface area contributed by atoms with Crippen LogP contribution >= 0.6 is 0 Å². The first kappa shape index (κ1) is 18.7. The van der Waals surface area contributed by atoms with Crippen LogP contribution in [0.1, 0.15) is 41.4 Å². The Morgan fingerprint density at radius 1 is 1.40 bits per heavy atom. The predicted molar refractivity (Wildman–Crippen MR) is 95.3 cm³/mol. The van der Waals surface area contributed by atoms with Gasteiger partial charge in [-0.1, -0.05) is 19.4 Å². The minimum absolute atomic E-state index is 0.111. The van der Waals surface area contributed by atoms with Gasteiger partial charge in [0.2, 0.25) is 5.95 Å². The maximum atomic E-state index is 12.0. The zero-order valence-electron chi connectivity index (χ0n) is 14.5. The maximum absolute atomic E-state index is 12.0. The number of hydrogen-bond acceptors (Lipinski definition) is 6. The molecular formula is C18H23N3O4. The number of aliphatic hydroxyl groups is 1. The number of unbranched alkanes of at least 4 members (excludes halogenated alkanes) is 1. The molecule has 0 bridgehead atoms. The van der Waals surface area contributed by atoms with E-state index in [9.17, 15) is 9.59 Å². The number of aromatic amines is 1. The fourth-order valence-corrected chi connectivity index (χ4v) is 2.33. The number of ether oxygens (including phenoxy) is 1. The van der Waals surface area contributed by atoms with Crippen LogP contribution in [0.3, 0.4) is 0 Å². The van der Waals surface area contributed by atoms with Crippen LogP contribution in [0.25, 0.3) is 0 Å². The minimum atomic E-state index is -0.381. The number of carbonyl (C=O) groups is 1. The van der Waals surface area contributed by atoms with Crippen LogP contribution in [0.2, 0.25) is 0 Å². The number of H-pyrrole nitrogens is 1. The molecule has 3 N–H and O–H groups in total. The van der Waals surface area contributed by atoms with Crippen molar-refractivity contribution in [2.24, 2.45) is 0 Å². The minimum Gasteiger partial charge on any atom is -0.462 e. The molecule has 2 rings (SSSR count). The van der Waals surface area contributed by atoms with Crippen LogP contribution in [0, 0.1) is 6.92 Å². The molecule has 1 aromatic heterocycles. The molecule has 25 heavy (non-hydrogen) atoms. The Morgan fingerprint density at radius 2 is 2.20 bits per heavy atom. The molecule has 0 saturated carbocycles. The number of rotatable bonds is 8. The first-order chi connectivity index (χ1) is 12.0. The largest absolute Gasteiger partial charge is 0.462 e. The standard InChI is InChI=1S/C18H23N3O4/c1-3-4-10-25-17(24)13-6-5-7-14(11-13)20-18-19-12(2)15(8-9-22)16(23)21-18/h5-7,11,22H,3-4,8-10H2,1-2H3,(H2,19,20,21,23). The van der Waals surface area contributed by atoms with Gasteiger partial charge in [-0.3, -0.25) is 9.78 Å². The van der Waals surface area contributed by atoms with E-state index in [4.69, 9.17) is 9.84 Å². The normalized spacial score (nSPS) is 10.5. The number of aryl methyl sites for hydroxylation is 1. The second-order valence-corrected chi connectivity index (χ2v) is 5.65. The monoisotopic (exact) mass is 345 g/mol. The van der Waals surface area contributed by atoms with E-state index in [1.807, 2.05) is 6.92 Å². The van der Waals surface area contributed by atoms with Crippen molar-refractivity contribution in [3.63, 3.8) is 0 Å². The van der Waals surface area contributed by atoms with E-state index in [1.54, 1.807) is 31.2 Å². The van der Waals surface area contributed by atoms with Crippen LogP contribution in [0.4, 0.5) is 11.6 Å². The van der Waals surface area contributed by atoms with Gasteiger partial charge in [0.1, 0.15) is 0 Å². The van der Waals surface area contributed by atoms with E-state index >= 15 is 0 Å². The van der Waals surface area contributed by atoms with Crippen LogP contribution in [0.5, 0.6) is 0 Å². The average Bonchev–Trinajstić information content (AvgIpc) is 2.58. The molecule has 0 unspecified atom stereocenters. The molecule has 7 heteroatoms. The molecule has 7 nitrogen and oxygen atoms in total. The van der Waals surface area contributed by atoms with Crippen molar-refractivity contribution >= 4 is 17.6 Å². The lowest BCUT2D eigenvalue weighted by molar-refractivity contribution is 0.0500. The summed E-state index contributed by atoms with van der Waals surface area (Å²) in [5.41, 5.74) is 1.76. The third-order valence-corrected chi connectivity index (χ3v) is 3.68. The van der Waals surface area contributed by atoms with E-state index in [1.165, 1.54) is 0 Å². The summed E-state index contributed by atoms with van der Waals surface area (Å²) in [5, 5.41) is 12.0. The van der Waals surface area contributed by atoms with Crippen LogP contribution in [-0.4, -0.2) is 34.3 Å². The first-order valence-electron chi connectivity index (χ1n) is 8.30. The molecule has 0 fully saturated rings. The number of benzene rings is 1. The Hall–Kier alpha value is -2.67. The van der Waals surface area contributed by atoms with E-state index in [-0.39, 0.29) is 30.5 Å². The number of hydrogen-bond donors (Lipinski definition) is 3. The van der Waals surface area contributed by atoms with Gasteiger partial charge in [0.05, 0.1) is 17.9 Å². The molecule has 0 radical (unpaired) electrons. The second-order valence-electron chi connectivity index (χ2n) is 5.65. The average molecular weight is 345 g/mol. The van der Waals surface area contributed by atoms with Crippen molar-refractivity contribution in [2.75, 3.05) is 18.5 Å². The smallest absolute Gasteiger partial charge is 0.338 e. The molecule has 0 aliphatic carbocycles. The first-order valence-corrected chi connectivity index (χ1v) is 8.30. The summed E-state index contributed by atoms with van der Waals surface area (Å²) < 4.78 is 5.19. The summed E-state index contributed by atoms with van der Waals surface area (Å²) in [6.07, 6.45) is 2.04. The van der Waals surface area contributed by atoms with E-state index in [2.05, 4.69) is 15.3 Å². The van der Waals surface area contributed by atoms with Crippen LogP contribution in [0.15, 0.2) is 29.1 Å². The summed E-state index contributed by atoms with van der Waals surface area (Å²) in [5.74, 6) is -0.103. The molecule has 0 saturated heterocycles. The van der Waals surface area contributed by atoms with E-state index in [0.717, 1.165) is 12.8 Å². The molecule has 0 aliphatic heterocycles. The number of aromatic nitrogens is 2. The predicted octanol–water partition coefficient (Wildman–Crippen LogP) is 2.31. The molecule has 1 heterocycles. The van der Waals surface area contributed by atoms with Crippen molar-refractivity contribution < 1.29 is 14.6 Å². The Kier molecular flexibility index (Phi) is 6.71. The van der Waals surface area contributed by atoms with Crippen LogP contribution in [-0.2, 0) is 11.2 Å². The molecule has 134 valence electrons. The fraction of sp³-hybridized carbons (Fsp3) is 0.389. The number of nitrogens with one attached hydrogen (secondary N) is 2. The molecular weight excluding hydrogens is 322 g/mol. The van der Waals surface area contributed by atoms with E-state index < -0.39 is 0 Å². The molecule has 1 aromatic carbocycles. The zero-order valence-corrected chi connectivity index (χ0v) is 14.5. The topological polar surface area (TPSA) is 104 Å². The van der Waals surface area contributed by atoms with Gasteiger partial charge in [-0.15, -0.1) is 0 Å². The van der Waals surface area contributed by atoms with Crippen molar-refractivity contribution in [1.29, 1.82) is 0 Å². The van der Waals surface area contributed by atoms with Gasteiger partial charge in [-0.2, -0.15) is 0 Å². The van der Waals surface area contributed by atoms with Gasteiger partial charge in [0, 0.05) is 24.3 Å². The van der Waals surface area contributed by atoms with Gasteiger partial charge in [0.25, 0.3) is 5.56 Å². The third-order valence-electron chi connectivity index (χ3n) is 3.68. The fourth-order valence-electron chi connectivity index (χ4n) is 2.33. The molecule has 0 spiro atoms. The highest BCUT2D eigenvalue weighted by Gasteiger charge is 2.10. The van der Waals surface area contributed by atoms with E-state index in [0.29, 0.717) is 29.1 Å². The lowest BCUT2D eigenvalue weighted by Crippen LogP contribution is -2.19. The molecule has 0 amide bonds. The third kappa shape index (κ3) is 5.15. The second kappa shape index (κ2) is 8.98. The summed E-state index contributed by atoms with van der Waals surface area (Å²) in [4.78, 5) is 31.0. The number of aliphatic hydroxyl groups excluding tert-OH is 1. The SMILES string of the molecule is CCCCOC(=O)c1cccc(Nc2nc(C)c(CCO)c(=O)[nH]2)c1. The Morgan fingerprint density at radius 3 is 2.88 bits per heavy atom. The van der Waals surface area contributed by atoms with Gasteiger partial charge in [-0.05, 0) is 31.5 Å². The van der Waals surface area contributed by atoms with Crippen molar-refractivity contribution in [3.05, 3.63) is 51.4 Å². The highest BCUT2D eigenvalue weighted by molar-refractivity contribution is 5.90. The van der Waals surface area contributed by atoms with Crippen molar-refractivity contribution in [3.8, 4) is 0 Å². The Bertz CT molecular complexity index is 786. The number of anilines is 2. The zero-order chi connectivity index (χ0) is 18.2. The lowest BCUT2D eigenvalue weighted by Gasteiger charge is -2.10. The lowest BCUT2D eigenvalue weighted by atomic mass is 10.2. The molecule has 0 aliphatic rings. The highest BCUT2D eigenvalue weighted by Crippen LogP contribution is 2.16. The number of esters is 1. The Balaban J connectivity index is 2.14. The number of carbonyl (C=O) groups excluding carboxylic acids is 1. The van der Waals surface area contributed by atoms with Gasteiger partial charge < -0.3 is 15.2 Å². The Labute approximate surface area is 146 Å². The van der Waals surface area contributed by atoms with Crippen molar-refractivity contribution in [1.82, 2.24) is 9.97 Å². The molecule has 2 aromatic rings. The summed E-state index contributed by atoms with van der Waals surface area (Å²) in [6, 6.07) is 6.81. The maximum Gasteiger partial charge on any atom is 0.338 e. The summed E-state index contributed by atoms with van der Waals surface area (Å²) in [7, 11) is 0. The van der Waals surface area contributed by atoms with Crippen molar-refractivity contribution in [2.45, 2.75) is 33.1 Å². The summed E-state index contributed by atoms with van der Waals surface area (Å²) in [6.45, 7) is 4.03. The molecule has 0 atom stereocenters. The van der Waals surface area contributed by atoms with Gasteiger partial charge in [0.15, 0.2) is 0 Å². The van der Waals surface area contributed by atoms with Gasteiger partial charge >= 0.3 is 5.97 Å². The summed E-state index contributed by atoms with van der Waals surface area (Å²) >= 11 is 0. The van der Waals surface area contributed by atoms with Gasteiger partial charge in [-0.25, -0.2) is 9.78 Å². The quantitative estimate of drug-likeness (QED) is 0.501. The highest BCUT2D eigenvalue weighted by atomic mass is 16.5. The van der Waals surface area contributed by atoms with Crippen LogP contribution < -0.4 is 10.9 Å².